The summed E-state index contributed by atoms with van der Waals surface area (Å²) in [6.07, 6.45) is 3.58. The molecule has 0 aliphatic carbocycles. The molecule has 2 heterocycles. The molecule has 0 aromatic carbocycles. The molecule has 0 saturated carbocycles. The van der Waals surface area contributed by atoms with Crippen molar-refractivity contribution in [1.29, 1.82) is 0 Å². The molecule has 1 N–H and O–H groups in total. The van der Waals surface area contributed by atoms with Crippen LogP contribution in [-0.2, 0) is 7.05 Å². The molecule has 4 heteroatoms. The first-order valence-electron chi connectivity index (χ1n) is 4.99. The molecule has 2 aromatic heterocycles. The Kier molecular flexibility index (Phi) is 2.67. The van der Waals surface area contributed by atoms with Crippen LogP contribution < -0.4 is 5.32 Å². The third-order valence-electron chi connectivity index (χ3n) is 2.20. The highest BCUT2D eigenvalue weighted by atomic mass is 15.3. The van der Waals surface area contributed by atoms with E-state index in [9.17, 15) is 0 Å². The van der Waals surface area contributed by atoms with Crippen LogP contribution in [0.2, 0.25) is 0 Å². The van der Waals surface area contributed by atoms with Crippen molar-refractivity contribution in [1.82, 2.24) is 14.8 Å². The number of nitrogens with zero attached hydrogens (tertiary/aromatic N) is 3. The lowest BCUT2D eigenvalue weighted by molar-refractivity contribution is 0.774. The third kappa shape index (κ3) is 1.98. The SMILES string of the molecule is CCNc1cc(-c2cccnc2)nn1C. The predicted molar refractivity (Wildman–Crippen MR) is 60.6 cm³/mol. The second-order valence-corrected chi connectivity index (χ2v) is 3.31. The van der Waals surface area contributed by atoms with E-state index in [1.165, 1.54) is 0 Å². The van der Waals surface area contributed by atoms with Crippen LogP contribution in [0.15, 0.2) is 30.6 Å². The average Bonchev–Trinajstić information content (AvgIpc) is 2.63. The van der Waals surface area contributed by atoms with Gasteiger partial charge in [-0.2, -0.15) is 5.10 Å². The molecule has 0 atom stereocenters. The van der Waals surface area contributed by atoms with E-state index in [2.05, 4.69) is 22.3 Å². The zero-order valence-electron chi connectivity index (χ0n) is 8.94. The van der Waals surface area contributed by atoms with E-state index in [0.29, 0.717) is 0 Å². The first-order valence-corrected chi connectivity index (χ1v) is 4.99. The second kappa shape index (κ2) is 4.13. The van der Waals surface area contributed by atoms with Crippen LogP contribution in [0.1, 0.15) is 6.92 Å². The molecule has 0 aliphatic heterocycles. The van der Waals surface area contributed by atoms with Crippen molar-refractivity contribution in [2.75, 3.05) is 11.9 Å². The Hall–Kier alpha value is -1.84. The van der Waals surface area contributed by atoms with Gasteiger partial charge in [-0.05, 0) is 19.1 Å². The van der Waals surface area contributed by atoms with Gasteiger partial charge in [-0.3, -0.25) is 9.67 Å². The Morgan fingerprint density at radius 1 is 1.47 bits per heavy atom. The standard InChI is InChI=1S/C11H14N4/c1-3-13-11-7-10(14-15(11)2)9-5-4-6-12-8-9/h4-8,13H,3H2,1-2H3. The van der Waals surface area contributed by atoms with E-state index in [-0.39, 0.29) is 0 Å². The molecule has 0 bridgehead atoms. The van der Waals surface area contributed by atoms with Crippen molar-refractivity contribution >= 4 is 5.82 Å². The molecule has 0 spiro atoms. The lowest BCUT2D eigenvalue weighted by Crippen LogP contribution is -2.02. The number of rotatable bonds is 3. The normalized spacial score (nSPS) is 10.3. The Morgan fingerprint density at radius 3 is 3.00 bits per heavy atom. The highest BCUT2D eigenvalue weighted by molar-refractivity contribution is 5.61. The van der Waals surface area contributed by atoms with Gasteiger partial charge >= 0.3 is 0 Å². The van der Waals surface area contributed by atoms with Gasteiger partial charge in [0, 0.05) is 37.6 Å². The highest BCUT2D eigenvalue weighted by Gasteiger charge is 2.05. The summed E-state index contributed by atoms with van der Waals surface area (Å²) in [5.74, 6) is 1.02. The van der Waals surface area contributed by atoms with E-state index < -0.39 is 0 Å². The average molecular weight is 202 g/mol. The van der Waals surface area contributed by atoms with Crippen LogP contribution >= 0.6 is 0 Å². The maximum atomic E-state index is 4.41. The minimum atomic E-state index is 0.895. The van der Waals surface area contributed by atoms with Crippen LogP contribution in [-0.4, -0.2) is 21.3 Å². The first kappa shape index (κ1) is 9.71. The largest absolute Gasteiger partial charge is 0.371 e. The summed E-state index contributed by atoms with van der Waals surface area (Å²) in [5, 5.41) is 7.66. The number of hydrogen-bond donors (Lipinski definition) is 1. The fourth-order valence-corrected chi connectivity index (χ4v) is 1.47. The monoisotopic (exact) mass is 202 g/mol. The number of pyridine rings is 1. The number of anilines is 1. The molecule has 2 aromatic rings. The lowest BCUT2D eigenvalue weighted by Gasteiger charge is -2.00. The molecule has 0 fully saturated rings. The highest BCUT2D eigenvalue weighted by Crippen LogP contribution is 2.19. The van der Waals surface area contributed by atoms with Crippen LogP contribution in [0.3, 0.4) is 0 Å². The third-order valence-corrected chi connectivity index (χ3v) is 2.20. The Bertz CT molecular complexity index is 433. The van der Waals surface area contributed by atoms with E-state index in [1.54, 1.807) is 6.20 Å². The van der Waals surface area contributed by atoms with Crippen LogP contribution in [0.5, 0.6) is 0 Å². The van der Waals surface area contributed by atoms with Gasteiger partial charge in [0.2, 0.25) is 0 Å². The number of aryl methyl sites for hydroxylation is 1. The van der Waals surface area contributed by atoms with Gasteiger partial charge in [0.1, 0.15) is 5.82 Å². The van der Waals surface area contributed by atoms with Gasteiger partial charge in [-0.15, -0.1) is 0 Å². The number of nitrogens with one attached hydrogen (secondary N) is 1. The Labute approximate surface area is 89.0 Å². The predicted octanol–water partition coefficient (Wildman–Crippen LogP) is 1.91. The topological polar surface area (TPSA) is 42.7 Å². The van der Waals surface area contributed by atoms with Gasteiger partial charge in [0.25, 0.3) is 0 Å². The van der Waals surface area contributed by atoms with Crippen molar-refractivity contribution in [3.05, 3.63) is 30.6 Å². The summed E-state index contributed by atoms with van der Waals surface area (Å²) in [6, 6.07) is 5.95. The summed E-state index contributed by atoms with van der Waals surface area (Å²) < 4.78 is 1.84. The van der Waals surface area contributed by atoms with Crippen LogP contribution in [0.25, 0.3) is 11.3 Å². The molecule has 0 saturated heterocycles. The van der Waals surface area contributed by atoms with E-state index in [4.69, 9.17) is 0 Å². The van der Waals surface area contributed by atoms with Crippen LogP contribution in [0.4, 0.5) is 5.82 Å². The van der Waals surface area contributed by atoms with Crippen molar-refractivity contribution in [3.8, 4) is 11.3 Å². The first-order chi connectivity index (χ1) is 7.31. The van der Waals surface area contributed by atoms with Crippen molar-refractivity contribution in [3.63, 3.8) is 0 Å². The minimum Gasteiger partial charge on any atom is -0.371 e. The van der Waals surface area contributed by atoms with E-state index in [0.717, 1.165) is 23.6 Å². The molecular weight excluding hydrogens is 188 g/mol. The lowest BCUT2D eigenvalue weighted by atomic mass is 10.2. The van der Waals surface area contributed by atoms with E-state index >= 15 is 0 Å². The van der Waals surface area contributed by atoms with Crippen molar-refractivity contribution in [2.45, 2.75) is 6.92 Å². The van der Waals surface area contributed by atoms with Crippen molar-refractivity contribution in [2.24, 2.45) is 7.05 Å². The van der Waals surface area contributed by atoms with Gasteiger partial charge in [-0.25, -0.2) is 0 Å². The van der Waals surface area contributed by atoms with Crippen LogP contribution in [0, 0.1) is 0 Å². The molecule has 0 radical (unpaired) electrons. The molecule has 4 nitrogen and oxygen atoms in total. The zero-order chi connectivity index (χ0) is 10.7. The minimum absolute atomic E-state index is 0.895. The van der Waals surface area contributed by atoms with Crippen molar-refractivity contribution < 1.29 is 0 Å². The molecule has 15 heavy (non-hydrogen) atoms. The van der Waals surface area contributed by atoms with E-state index in [1.807, 2.05) is 36.1 Å². The molecule has 0 amide bonds. The van der Waals surface area contributed by atoms with Gasteiger partial charge in [-0.1, -0.05) is 0 Å². The molecule has 78 valence electrons. The molecular formula is C11H14N4. The summed E-state index contributed by atoms with van der Waals surface area (Å²) in [5.41, 5.74) is 1.99. The second-order valence-electron chi connectivity index (χ2n) is 3.31. The quantitative estimate of drug-likeness (QED) is 0.826. The summed E-state index contributed by atoms with van der Waals surface area (Å²) in [6.45, 7) is 2.96. The maximum Gasteiger partial charge on any atom is 0.124 e. The fraction of sp³-hybridized carbons (Fsp3) is 0.273. The summed E-state index contributed by atoms with van der Waals surface area (Å²) in [7, 11) is 1.93. The maximum absolute atomic E-state index is 4.41. The summed E-state index contributed by atoms with van der Waals surface area (Å²) >= 11 is 0. The summed E-state index contributed by atoms with van der Waals surface area (Å²) in [4.78, 5) is 4.08. The molecule has 2 rings (SSSR count). The Balaban J connectivity index is 2.34. The molecule has 0 aliphatic rings. The number of hydrogen-bond acceptors (Lipinski definition) is 3. The molecule has 0 unspecified atom stereocenters. The smallest absolute Gasteiger partial charge is 0.124 e. The van der Waals surface area contributed by atoms with Gasteiger partial charge in [0.05, 0.1) is 5.69 Å². The van der Waals surface area contributed by atoms with Gasteiger partial charge in [0.15, 0.2) is 0 Å². The van der Waals surface area contributed by atoms with Gasteiger partial charge < -0.3 is 5.32 Å². The Morgan fingerprint density at radius 2 is 2.33 bits per heavy atom. The number of aromatic nitrogens is 3. The fourth-order valence-electron chi connectivity index (χ4n) is 1.47. The zero-order valence-corrected chi connectivity index (χ0v) is 8.94.